The van der Waals surface area contributed by atoms with Gasteiger partial charge in [0.2, 0.25) is 5.91 Å². The summed E-state index contributed by atoms with van der Waals surface area (Å²) in [6.45, 7) is 8.15. The molecule has 0 spiro atoms. The molecule has 1 N–H and O–H groups in total. The minimum absolute atomic E-state index is 0.0782. The first-order chi connectivity index (χ1) is 15.4. The molecule has 32 heavy (non-hydrogen) atoms. The fraction of sp³-hybridized carbons (Fsp3) is 0.269. The first kappa shape index (κ1) is 22.0. The van der Waals surface area contributed by atoms with Crippen molar-refractivity contribution in [1.82, 2.24) is 9.55 Å². The van der Waals surface area contributed by atoms with Crippen molar-refractivity contribution in [2.45, 2.75) is 47.1 Å². The summed E-state index contributed by atoms with van der Waals surface area (Å²) in [6, 6.07) is 12.3. The predicted octanol–water partition coefficient (Wildman–Crippen LogP) is 5.51. The van der Waals surface area contributed by atoms with Crippen molar-refractivity contribution in [2.24, 2.45) is 0 Å². The maximum absolute atomic E-state index is 13.3. The number of nitrogens with one attached hydrogen (secondary N) is 1. The van der Waals surface area contributed by atoms with Gasteiger partial charge in [-0.2, -0.15) is 0 Å². The number of anilines is 1. The van der Waals surface area contributed by atoms with E-state index in [-0.39, 0.29) is 18.0 Å². The lowest BCUT2D eigenvalue weighted by Gasteiger charge is -2.15. The van der Waals surface area contributed by atoms with Crippen molar-refractivity contribution < 1.29 is 4.79 Å². The van der Waals surface area contributed by atoms with Crippen LogP contribution in [-0.4, -0.2) is 15.5 Å². The molecule has 0 saturated carbocycles. The molecule has 5 nitrogen and oxygen atoms in total. The van der Waals surface area contributed by atoms with Crippen LogP contribution in [0.15, 0.2) is 52.9 Å². The molecule has 1 amide bonds. The number of carbonyl (C=O) groups excluding carboxylic acids is 1. The van der Waals surface area contributed by atoms with Gasteiger partial charge in [0.1, 0.15) is 11.4 Å². The molecule has 0 unspecified atom stereocenters. The number of hydrogen-bond donors (Lipinski definition) is 1. The Hall–Kier alpha value is -3.25. The Kier molecular flexibility index (Phi) is 6.24. The van der Waals surface area contributed by atoms with Gasteiger partial charge in [0.25, 0.3) is 5.56 Å². The number of para-hydroxylation sites is 1. The zero-order valence-electron chi connectivity index (χ0n) is 18.9. The first-order valence-corrected chi connectivity index (χ1v) is 11.8. The second-order valence-corrected chi connectivity index (χ2v) is 8.89. The summed E-state index contributed by atoms with van der Waals surface area (Å²) < 4.78 is 1.40. The number of rotatable bonds is 6. The van der Waals surface area contributed by atoms with Crippen molar-refractivity contribution >= 4 is 33.1 Å². The first-order valence-electron chi connectivity index (χ1n) is 10.9. The zero-order chi connectivity index (χ0) is 22.8. The van der Waals surface area contributed by atoms with Crippen LogP contribution in [0, 0.1) is 13.8 Å². The van der Waals surface area contributed by atoms with E-state index in [0.29, 0.717) is 10.2 Å². The smallest absolute Gasteiger partial charge is 0.263 e. The summed E-state index contributed by atoms with van der Waals surface area (Å²) >= 11 is 1.45. The number of fused-ring (bicyclic) bond motifs is 1. The van der Waals surface area contributed by atoms with Crippen LogP contribution in [0.25, 0.3) is 21.3 Å². The van der Waals surface area contributed by atoms with Crippen LogP contribution in [0.2, 0.25) is 0 Å². The van der Waals surface area contributed by atoms with Crippen molar-refractivity contribution in [2.75, 3.05) is 5.32 Å². The largest absolute Gasteiger partial charge is 0.324 e. The molecule has 2 heterocycles. The Labute approximate surface area is 191 Å². The average Bonchev–Trinajstić information content (AvgIpc) is 3.20. The summed E-state index contributed by atoms with van der Waals surface area (Å²) in [5.74, 6) is -0.229. The summed E-state index contributed by atoms with van der Waals surface area (Å²) in [5, 5.41) is 5.58. The molecule has 0 aliphatic carbocycles. The Morgan fingerprint density at radius 2 is 1.78 bits per heavy atom. The van der Waals surface area contributed by atoms with Crippen LogP contribution in [0.1, 0.15) is 36.1 Å². The van der Waals surface area contributed by atoms with E-state index in [9.17, 15) is 9.59 Å². The van der Waals surface area contributed by atoms with E-state index in [4.69, 9.17) is 0 Å². The average molecular weight is 446 g/mol. The molecule has 4 rings (SSSR count). The maximum Gasteiger partial charge on any atom is 0.263 e. The molecule has 2 aromatic carbocycles. The number of carbonyl (C=O) groups is 1. The molecule has 0 atom stereocenters. The Morgan fingerprint density at radius 3 is 2.44 bits per heavy atom. The van der Waals surface area contributed by atoms with Crippen LogP contribution in [0.5, 0.6) is 0 Å². The summed E-state index contributed by atoms with van der Waals surface area (Å²) in [7, 11) is 0. The minimum atomic E-state index is -0.229. The quantitative estimate of drug-likeness (QED) is 0.426. The molecule has 0 fully saturated rings. The number of nitrogens with zero attached hydrogens (tertiary/aromatic N) is 2. The zero-order valence-corrected chi connectivity index (χ0v) is 19.7. The minimum Gasteiger partial charge on any atom is -0.324 e. The van der Waals surface area contributed by atoms with Gasteiger partial charge in [0, 0.05) is 16.6 Å². The number of amides is 1. The lowest BCUT2D eigenvalue weighted by molar-refractivity contribution is -0.116. The summed E-state index contributed by atoms with van der Waals surface area (Å²) in [4.78, 5) is 31.4. The highest BCUT2D eigenvalue weighted by molar-refractivity contribution is 7.17. The molecule has 2 aromatic heterocycles. The van der Waals surface area contributed by atoms with Gasteiger partial charge >= 0.3 is 0 Å². The van der Waals surface area contributed by atoms with E-state index < -0.39 is 0 Å². The maximum atomic E-state index is 13.3. The van der Waals surface area contributed by atoms with Gasteiger partial charge < -0.3 is 5.32 Å². The van der Waals surface area contributed by atoms with Gasteiger partial charge in [-0.05, 0) is 48.9 Å². The fourth-order valence-corrected chi connectivity index (χ4v) is 5.03. The molecule has 164 valence electrons. The third-order valence-corrected chi connectivity index (χ3v) is 6.70. The van der Waals surface area contributed by atoms with Crippen molar-refractivity contribution in [3.05, 3.63) is 80.7 Å². The monoisotopic (exact) mass is 445 g/mol. The number of hydrogen-bond acceptors (Lipinski definition) is 4. The van der Waals surface area contributed by atoms with Crippen LogP contribution < -0.4 is 10.9 Å². The third kappa shape index (κ3) is 4.10. The standard InChI is InChI=1S/C26H27N3O2S/c1-5-18-8-7-9-19(6-2)24(18)28-22(30)13-29-15-27-25-23(26(29)31)21(14-32-25)20-11-10-16(3)12-17(20)4/h7-12,14-15H,5-6,13H2,1-4H3,(H,28,30). The summed E-state index contributed by atoms with van der Waals surface area (Å²) in [6.07, 6.45) is 3.12. The molecule has 0 aliphatic heterocycles. The van der Waals surface area contributed by atoms with Gasteiger partial charge in [-0.25, -0.2) is 4.98 Å². The van der Waals surface area contributed by atoms with E-state index in [0.717, 1.165) is 46.3 Å². The Bertz CT molecular complexity index is 1350. The van der Waals surface area contributed by atoms with E-state index >= 15 is 0 Å². The van der Waals surface area contributed by atoms with Gasteiger partial charge in [-0.3, -0.25) is 14.2 Å². The number of aromatic nitrogens is 2. The molecule has 0 radical (unpaired) electrons. The molecule has 0 bridgehead atoms. The molecule has 0 saturated heterocycles. The van der Waals surface area contributed by atoms with Gasteiger partial charge in [-0.15, -0.1) is 11.3 Å². The van der Waals surface area contributed by atoms with Crippen LogP contribution in [-0.2, 0) is 24.2 Å². The lowest BCUT2D eigenvalue weighted by atomic mass is 9.99. The molecule has 6 heteroatoms. The molecular formula is C26H27N3O2S. The molecular weight excluding hydrogens is 418 g/mol. The highest BCUT2D eigenvalue weighted by Gasteiger charge is 2.17. The topological polar surface area (TPSA) is 64.0 Å². The van der Waals surface area contributed by atoms with Crippen LogP contribution >= 0.6 is 11.3 Å². The highest BCUT2D eigenvalue weighted by atomic mass is 32.1. The van der Waals surface area contributed by atoms with Crippen LogP contribution in [0.3, 0.4) is 0 Å². The number of aryl methyl sites for hydroxylation is 4. The van der Waals surface area contributed by atoms with E-state index in [1.54, 1.807) is 0 Å². The van der Waals surface area contributed by atoms with Gasteiger partial charge in [-0.1, -0.05) is 55.8 Å². The third-order valence-electron chi connectivity index (χ3n) is 5.81. The van der Waals surface area contributed by atoms with Crippen molar-refractivity contribution in [3.63, 3.8) is 0 Å². The number of thiophene rings is 1. The Balaban J connectivity index is 1.69. The normalized spacial score (nSPS) is 11.1. The number of benzene rings is 2. The molecule has 0 aliphatic rings. The SMILES string of the molecule is CCc1cccc(CC)c1NC(=O)Cn1cnc2scc(-c3ccc(C)cc3C)c2c1=O. The van der Waals surface area contributed by atoms with Gasteiger partial charge in [0.05, 0.1) is 11.7 Å². The van der Waals surface area contributed by atoms with Crippen LogP contribution in [0.4, 0.5) is 5.69 Å². The lowest BCUT2D eigenvalue weighted by Crippen LogP contribution is -2.28. The predicted molar refractivity (Wildman–Crippen MR) is 133 cm³/mol. The van der Waals surface area contributed by atoms with Crippen molar-refractivity contribution in [1.29, 1.82) is 0 Å². The van der Waals surface area contributed by atoms with E-state index in [2.05, 4.69) is 37.1 Å². The highest BCUT2D eigenvalue weighted by Crippen LogP contribution is 2.33. The second kappa shape index (κ2) is 9.09. The molecule has 4 aromatic rings. The van der Waals surface area contributed by atoms with E-state index in [1.165, 1.54) is 27.8 Å². The van der Waals surface area contributed by atoms with Crippen molar-refractivity contribution in [3.8, 4) is 11.1 Å². The second-order valence-electron chi connectivity index (χ2n) is 8.03. The van der Waals surface area contributed by atoms with Gasteiger partial charge in [0.15, 0.2) is 0 Å². The Morgan fingerprint density at radius 1 is 1.06 bits per heavy atom. The van der Waals surface area contributed by atoms with E-state index in [1.807, 2.05) is 42.6 Å². The fourth-order valence-electron chi connectivity index (χ4n) is 4.13. The summed E-state index contributed by atoms with van der Waals surface area (Å²) in [5.41, 5.74) is 7.03.